The highest BCUT2D eigenvalue weighted by Crippen LogP contribution is 2.39. The number of hydrogen-bond donors (Lipinski definition) is 2. The number of amides is 1. The fourth-order valence-electron chi connectivity index (χ4n) is 1.90. The topological polar surface area (TPSA) is 55.1 Å². The Morgan fingerprint density at radius 2 is 2.00 bits per heavy atom. The number of benzene rings is 1. The summed E-state index contributed by atoms with van der Waals surface area (Å²) in [5, 5.41) is 2.86. The molecule has 0 aromatic heterocycles. The van der Waals surface area contributed by atoms with Gasteiger partial charge in [-0.1, -0.05) is 24.3 Å². The quantitative estimate of drug-likeness (QED) is 0.731. The fraction of sp³-hybridized carbons (Fsp3) is 0.500. The Morgan fingerprint density at radius 1 is 1.29 bits per heavy atom. The first kappa shape index (κ1) is 12.1. The third-order valence-electron chi connectivity index (χ3n) is 3.10. The Morgan fingerprint density at radius 3 is 2.59 bits per heavy atom. The first-order chi connectivity index (χ1) is 8.29. The van der Waals surface area contributed by atoms with Crippen molar-refractivity contribution < 1.29 is 4.79 Å². The number of carbonyl (C=O) groups is 1. The lowest BCUT2D eigenvalue weighted by molar-refractivity contribution is -0.120. The molecule has 2 rings (SSSR count). The summed E-state index contributed by atoms with van der Waals surface area (Å²) in [6.07, 6.45) is 3.94. The van der Waals surface area contributed by atoms with Crippen LogP contribution in [-0.4, -0.2) is 19.0 Å². The van der Waals surface area contributed by atoms with Crippen LogP contribution < -0.4 is 11.1 Å². The molecule has 3 heteroatoms. The molecule has 3 N–H and O–H groups in total. The van der Waals surface area contributed by atoms with Crippen molar-refractivity contribution in [1.82, 2.24) is 5.32 Å². The Bertz CT molecular complexity index is 368. The second-order valence-corrected chi connectivity index (χ2v) is 4.68. The average molecular weight is 232 g/mol. The van der Waals surface area contributed by atoms with E-state index in [1.807, 2.05) is 0 Å². The van der Waals surface area contributed by atoms with Gasteiger partial charge < -0.3 is 11.1 Å². The first-order valence-electron chi connectivity index (χ1n) is 6.35. The van der Waals surface area contributed by atoms with Crippen molar-refractivity contribution in [3.63, 3.8) is 0 Å². The van der Waals surface area contributed by atoms with Crippen LogP contribution in [0.15, 0.2) is 24.3 Å². The first-order valence-corrected chi connectivity index (χ1v) is 6.35. The van der Waals surface area contributed by atoms with E-state index in [4.69, 9.17) is 5.73 Å². The van der Waals surface area contributed by atoms with Crippen LogP contribution in [0.3, 0.4) is 0 Å². The van der Waals surface area contributed by atoms with Gasteiger partial charge in [-0.15, -0.1) is 0 Å². The van der Waals surface area contributed by atoms with E-state index in [1.54, 1.807) is 0 Å². The monoisotopic (exact) mass is 232 g/mol. The van der Waals surface area contributed by atoms with Gasteiger partial charge in [0.05, 0.1) is 6.42 Å². The van der Waals surface area contributed by atoms with Crippen LogP contribution in [0.2, 0.25) is 0 Å². The van der Waals surface area contributed by atoms with E-state index in [1.165, 1.54) is 18.4 Å². The Balaban J connectivity index is 1.79. The highest BCUT2D eigenvalue weighted by Gasteiger charge is 2.22. The standard InChI is InChI=1S/C14H20N2O/c15-8-1-9-16-14(17)10-11-2-4-12(5-3-11)13-6-7-13/h2-5,13H,1,6-10,15H2,(H,16,17). The van der Waals surface area contributed by atoms with E-state index in [9.17, 15) is 4.79 Å². The molecule has 17 heavy (non-hydrogen) atoms. The van der Waals surface area contributed by atoms with Gasteiger partial charge in [-0.05, 0) is 42.9 Å². The Hall–Kier alpha value is -1.35. The highest BCUT2D eigenvalue weighted by atomic mass is 16.1. The number of hydrogen-bond acceptors (Lipinski definition) is 2. The molecule has 0 bridgehead atoms. The smallest absolute Gasteiger partial charge is 0.224 e. The van der Waals surface area contributed by atoms with Gasteiger partial charge in [-0.3, -0.25) is 4.79 Å². The van der Waals surface area contributed by atoms with E-state index in [0.717, 1.165) is 17.9 Å². The van der Waals surface area contributed by atoms with E-state index in [-0.39, 0.29) is 5.91 Å². The third kappa shape index (κ3) is 3.86. The van der Waals surface area contributed by atoms with Crippen LogP contribution in [0, 0.1) is 0 Å². The number of nitrogens with two attached hydrogens (primary N) is 1. The molecule has 92 valence electrons. The molecule has 1 fully saturated rings. The Labute approximate surface area is 102 Å². The van der Waals surface area contributed by atoms with E-state index >= 15 is 0 Å². The van der Waals surface area contributed by atoms with Crippen molar-refractivity contribution in [2.75, 3.05) is 13.1 Å². The molecule has 3 nitrogen and oxygen atoms in total. The van der Waals surface area contributed by atoms with Crippen LogP contribution in [0.1, 0.15) is 36.3 Å². The van der Waals surface area contributed by atoms with E-state index < -0.39 is 0 Å². The van der Waals surface area contributed by atoms with Crippen LogP contribution in [0.5, 0.6) is 0 Å². The molecule has 1 aliphatic rings. The summed E-state index contributed by atoms with van der Waals surface area (Å²) in [5.74, 6) is 0.861. The summed E-state index contributed by atoms with van der Waals surface area (Å²) in [7, 11) is 0. The minimum absolute atomic E-state index is 0.0811. The SMILES string of the molecule is NCCCNC(=O)Cc1ccc(C2CC2)cc1. The molecule has 1 aromatic rings. The average Bonchev–Trinajstić information content (AvgIpc) is 3.14. The molecule has 1 aliphatic carbocycles. The number of rotatable bonds is 6. The van der Waals surface area contributed by atoms with Crippen molar-refractivity contribution in [2.24, 2.45) is 5.73 Å². The van der Waals surface area contributed by atoms with Crippen molar-refractivity contribution >= 4 is 5.91 Å². The van der Waals surface area contributed by atoms with Gasteiger partial charge >= 0.3 is 0 Å². The van der Waals surface area contributed by atoms with Gasteiger partial charge in [0.1, 0.15) is 0 Å². The molecule has 0 radical (unpaired) electrons. The second-order valence-electron chi connectivity index (χ2n) is 4.68. The normalized spacial score (nSPS) is 14.6. The van der Waals surface area contributed by atoms with Crippen molar-refractivity contribution in [3.05, 3.63) is 35.4 Å². The maximum Gasteiger partial charge on any atom is 0.224 e. The van der Waals surface area contributed by atoms with Gasteiger partial charge in [0, 0.05) is 6.54 Å². The van der Waals surface area contributed by atoms with Crippen LogP contribution in [0.25, 0.3) is 0 Å². The molecule has 0 atom stereocenters. The predicted octanol–water partition coefficient (Wildman–Crippen LogP) is 1.57. The number of carbonyl (C=O) groups excluding carboxylic acids is 1. The summed E-state index contributed by atoms with van der Waals surface area (Å²) in [6, 6.07) is 8.44. The fourth-order valence-corrected chi connectivity index (χ4v) is 1.90. The van der Waals surface area contributed by atoms with Gasteiger partial charge in [-0.2, -0.15) is 0 Å². The molecular formula is C14H20N2O. The van der Waals surface area contributed by atoms with Crippen LogP contribution in [-0.2, 0) is 11.2 Å². The number of nitrogens with one attached hydrogen (secondary N) is 1. The molecule has 0 unspecified atom stereocenters. The molecule has 0 heterocycles. The molecular weight excluding hydrogens is 212 g/mol. The zero-order valence-corrected chi connectivity index (χ0v) is 10.1. The summed E-state index contributed by atoms with van der Waals surface area (Å²) >= 11 is 0. The van der Waals surface area contributed by atoms with Gasteiger partial charge in [0.15, 0.2) is 0 Å². The van der Waals surface area contributed by atoms with Crippen molar-refractivity contribution in [2.45, 2.75) is 31.6 Å². The lowest BCUT2D eigenvalue weighted by Crippen LogP contribution is -2.27. The summed E-state index contributed by atoms with van der Waals surface area (Å²) in [6.45, 7) is 1.30. The zero-order valence-electron chi connectivity index (χ0n) is 10.1. The molecule has 1 saturated carbocycles. The lowest BCUT2D eigenvalue weighted by Gasteiger charge is -2.05. The molecule has 1 aromatic carbocycles. The largest absolute Gasteiger partial charge is 0.356 e. The molecule has 0 spiro atoms. The summed E-state index contributed by atoms with van der Waals surface area (Å²) < 4.78 is 0. The predicted molar refractivity (Wildman–Crippen MR) is 68.8 cm³/mol. The molecule has 1 amide bonds. The minimum Gasteiger partial charge on any atom is -0.356 e. The van der Waals surface area contributed by atoms with Crippen LogP contribution in [0.4, 0.5) is 0 Å². The maximum atomic E-state index is 11.6. The zero-order chi connectivity index (χ0) is 12.1. The second kappa shape index (κ2) is 5.82. The summed E-state index contributed by atoms with van der Waals surface area (Å²) in [5.41, 5.74) is 7.86. The van der Waals surface area contributed by atoms with Gasteiger partial charge in [-0.25, -0.2) is 0 Å². The van der Waals surface area contributed by atoms with E-state index in [2.05, 4.69) is 29.6 Å². The Kier molecular flexibility index (Phi) is 4.15. The van der Waals surface area contributed by atoms with Gasteiger partial charge in [0.2, 0.25) is 5.91 Å². The van der Waals surface area contributed by atoms with Gasteiger partial charge in [0.25, 0.3) is 0 Å². The minimum atomic E-state index is 0.0811. The van der Waals surface area contributed by atoms with Crippen molar-refractivity contribution in [3.8, 4) is 0 Å². The summed E-state index contributed by atoms with van der Waals surface area (Å²) in [4.78, 5) is 11.6. The van der Waals surface area contributed by atoms with E-state index in [0.29, 0.717) is 19.5 Å². The lowest BCUT2D eigenvalue weighted by atomic mass is 10.1. The highest BCUT2D eigenvalue weighted by molar-refractivity contribution is 5.78. The maximum absolute atomic E-state index is 11.6. The van der Waals surface area contributed by atoms with Crippen LogP contribution >= 0.6 is 0 Å². The molecule has 0 saturated heterocycles. The van der Waals surface area contributed by atoms with Crippen molar-refractivity contribution in [1.29, 1.82) is 0 Å². The molecule has 0 aliphatic heterocycles. The third-order valence-corrected chi connectivity index (χ3v) is 3.10.